The predicted molar refractivity (Wildman–Crippen MR) is 90.6 cm³/mol. The molecule has 0 aliphatic heterocycles. The van der Waals surface area contributed by atoms with Gasteiger partial charge in [0, 0.05) is 21.8 Å². The zero-order chi connectivity index (χ0) is 14.5. The van der Waals surface area contributed by atoms with Crippen molar-refractivity contribution in [1.82, 2.24) is 4.57 Å². The van der Waals surface area contributed by atoms with Crippen LogP contribution < -0.4 is 0 Å². The molecule has 0 fully saturated rings. The van der Waals surface area contributed by atoms with Gasteiger partial charge in [0.25, 0.3) is 0 Å². The molecule has 2 heteroatoms. The molecule has 3 aromatic carbocycles. The Balaban J connectivity index is 2.08. The van der Waals surface area contributed by atoms with Crippen LogP contribution in [0.3, 0.4) is 0 Å². The fraction of sp³-hybridized carbons (Fsp3) is 0. The van der Waals surface area contributed by atoms with Gasteiger partial charge in [0.2, 0.25) is 0 Å². The van der Waals surface area contributed by atoms with Crippen molar-refractivity contribution < 1.29 is 4.42 Å². The Morgan fingerprint density at radius 1 is 0.636 bits per heavy atom. The van der Waals surface area contributed by atoms with Crippen LogP contribution in [0.5, 0.6) is 0 Å². The van der Waals surface area contributed by atoms with E-state index in [1.54, 1.807) is 6.26 Å². The van der Waals surface area contributed by atoms with Gasteiger partial charge in [-0.3, -0.25) is 0 Å². The van der Waals surface area contributed by atoms with Crippen LogP contribution in [0.15, 0.2) is 83.5 Å². The number of hydrogen-bond donors (Lipinski definition) is 0. The number of rotatable bonds is 1. The highest BCUT2D eigenvalue weighted by atomic mass is 16.3. The summed E-state index contributed by atoms with van der Waals surface area (Å²) in [5.41, 5.74) is 4.54. The molecule has 104 valence electrons. The molecule has 0 saturated carbocycles. The molecule has 0 saturated heterocycles. The van der Waals surface area contributed by atoms with Crippen molar-refractivity contribution in [2.24, 2.45) is 0 Å². The molecule has 2 heterocycles. The van der Waals surface area contributed by atoms with E-state index in [0.717, 1.165) is 5.58 Å². The number of aromatic nitrogens is 1. The SMILES string of the molecule is c1ccc(-n2c3ccccc3c3c4ccoc4ccc32)cc1. The number of para-hydroxylation sites is 2. The van der Waals surface area contributed by atoms with Crippen LogP contribution in [0.25, 0.3) is 38.5 Å². The zero-order valence-electron chi connectivity index (χ0n) is 11.9. The fourth-order valence-electron chi connectivity index (χ4n) is 3.37. The third-order valence-corrected chi connectivity index (χ3v) is 4.28. The van der Waals surface area contributed by atoms with Gasteiger partial charge in [0.1, 0.15) is 5.58 Å². The Morgan fingerprint density at radius 2 is 1.45 bits per heavy atom. The first-order valence-electron chi connectivity index (χ1n) is 7.38. The largest absolute Gasteiger partial charge is 0.464 e. The summed E-state index contributed by atoms with van der Waals surface area (Å²) in [7, 11) is 0. The maximum absolute atomic E-state index is 5.58. The minimum absolute atomic E-state index is 0.934. The molecule has 2 aromatic heterocycles. The molecule has 22 heavy (non-hydrogen) atoms. The van der Waals surface area contributed by atoms with Gasteiger partial charge in [-0.05, 0) is 36.4 Å². The van der Waals surface area contributed by atoms with Crippen LogP contribution in [0.1, 0.15) is 0 Å². The molecule has 0 atom stereocenters. The minimum Gasteiger partial charge on any atom is -0.464 e. The van der Waals surface area contributed by atoms with Crippen LogP contribution in [0.4, 0.5) is 0 Å². The van der Waals surface area contributed by atoms with E-state index in [4.69, 9.17) is 4.42 Å². The summed E-state index contributed by atoms with van der Waals surface area (Å²) in [6.07, 6.45) is 1.76. The quantitative estimate of drug-likeness (QED) is 0.395. The van der Waals surface area contributed by atoms with Gasteiger partial charge < -0.3 is 8.98 Å². The van der Waals surface area contributed by atoms with Gasteiger partial charge in [0.15, 0.2) is 0 Å². The third kappa shape index (κ3) is 1.44. The van der Waals surface area contributed by atoms with Crippen molar-refractivity contribution in [2.75, 3.05) is 0 Å². The van der Waals surface area contributed by atoms with Crippen molar-refractivity contribution in [3.8, 4) is 5.69 Å². The average molecular weight is 283 g/mol. The topological polar surface area (TPSA) is 18.1 Å². The normalized spacial score (nSPS) is 11.6. The molecule has 0 bridgehead atoms. The van der Waals surface area contributed by atoms with Gasteiger partial charge in [0.05, 0.1) is 17.3 Å². The van der Waals surface area contributed by atoms with E-state index < -0.39 is 0 Å². The van der Waals surface area contributed by atoms with E-state index in [2.05, 4.69) is 71.3 Å². The Morgan fingerprint density at radius 3 is 2.36 bits per heavy atom. The molecule has 0 amide bonds. The molecule has 0 unspecified atom stereocenters. The fourth-order valence-corrected chi connectivity index (χ4v) is 3.37. The van der Waals surface area contributed by atoms with Crippen molar-refractivity contribution in [2.45, 2.75) is 0 Å². The lowest BCUT2D eigenvalue weighted by Gasteiger charge is -2.07. The van der Waals surface area contributed by atoms with Crippen LogP contribution in [-0.2, 0) is 0 Å². The van der Waals surface area contributed by atoms with Crippen LogP contribution in [-0.4, -0.2) is 4.57 Å². The summed E-state index contributed by atoms with van der Waals surface area (Å²) in [4.78, 5) is 0. The van der Waals surface area contributed by atoms with E-state index in [-0.39, 0.29) is 0 Å². The van der Waals surface area contributed by atoms with Gasteiger partial charge in [-0.15, -0.1) is 0 Å². The first-order chi connectivity index (χ1) is 10.9. The van der Waals surface area contributed by atoms with Gasteiger partial charge >= 0.3 is 0 Å². The molecular formula is C20H13NO. The first kappa shape index (κ1) is 11.6. The Labute approximate surface area is 127 Å². The van der Waals surface area contributed by atoms with Gasteiger partial charge in [-0.25, -0.2) is 0 Å². The van der Waals surface area contributed by atoms with E-state index in [0.29, 0.717) is 0 Å². The summed E-state index contributed by atoms with van der Waals surface area (Å²) in [5, 5.41) is 3.68. The molecule has 0 aliphatic rings. The molecule has 0 aliphatic carbocycles. The number of hydrogen-bond acceptors (Lipinski definition) is 1. The Bertz CT molecular complexity index is 1120. The van der Waals surface area contributed by atoms with Gasteiger partial charge in [-0.1, -0.05) is 36.4 Å². The number of benzene rings is 3. The molecule has 5 rings (SSSR count). The monoisotopic (exact) mass is 283 g/mol. The summed E-state index contributed by atoms with van der Waals surface area (Å²) in [6.45, 7) is 0. The summed E-state index contributed by atoms with van der Waals surface area (Å²) in [6, 6.07) is 25.3. The predicted octanol–water partition coefficient (Wildman–Crippen LogP) is 5.53. The van der Waals surface area contributed by atoms with Crippen molar-refractivity contribution in [3.05, 3.63) is 79.1 Å². The highest BCUT2D eigenvalue weighted by molar-refractivity contribution is 6.20. The number of fused-ring (bicyclic) bond motifs is 5. The number of nitrogens with zero attached hydrogens (tertiary/aromatic N) is 1. The second kappa shape index (κ2) is 4.25. The van der Waals surface area contributed by atoms with Gasteiger partial charge in [-0.2, -0.15) is 0 Å². The Kier molecular flexibility index (Phi) is 2.25. The second-order valence-electron chi connectivity index (χ2n) is 5.48. The smallest absolute Gasteiger partial charge is 0.134 e. The minimum atomic E-state index is 0.934. The van der Waals surface area contributed by atoms with E-state index in [1.807, 2.05) is 6.07 Å². The summed E-state index contributed by atoms with van der Waals surface area (Å²) >= 11 is 0. The Hall–Kier alpha value is -3.00. The lowest BCUT2D eigenvalue weighted by molar-refractivity contribution is 0.616. The maximum atomic E-state index is 5.58. The van der Waals surface area contributed by atoms with E-state index >= 15 is 0 Å². The van der Waals surface area contributed by atoms with E-state index in [1.165, 1.54) is 32.9 Å². The van der Waals surface area contributed by atoms with E-state index in [9.17, 15) is 0 Å². The zero-order valence-corrected chi connectivity index (χ0v) is 11.9. The van der Waals surface area contributed by atoms with Crippen molar-refractivity contribution >= 4 is 32.8 Å². The van der Waals surface area contributed by atoms with Crippen LogP contribution in [0.2, 0.25) is 0 Å². The van der Waals surface area contributed by atoms with Crippen molar-refractivity contribution in [1.29, 1.82) is 0 Å². The van der Waals surface area contributed by atoms with Crippen molar-refractivity contribution in [3.63, 3.8) is 0 Å². The lowest BCUT2D eigenvalue weighted by Crippen LogP contribution is -1.92. The molecular weight excluding hydrogens is 270 g/mol. The summed E-state index contributed by atoms with van der Waals surface area (Å²) in [5.74, 6) is 0. The highest BCUT2D eigenvalue weighted by Crippen LogP contribution is 2.36. The first-order valence-corrected chi connectivity index (χ1v) is 7.38. The maximum Gasteiger partial charge on any atom is 0.134 e. The number of furan rings is 1. The summed E-state index contributed by atoms with van der Waals surface area (Å²) < 4.78 is 7.90. The molecule has 2 nitrogen and oxygen atoms in total. The van der Waals surface area contributed by atoms with Crippen LogP contribution in [0, 0.1) is 0 Å². The lowest BCUT2D eigenvalue weighted by atomic mass is 10.1. The third-order valence-electron chi connectivity index (χ3n) is 4.28. The standard InChI is InChI=1S/C20H13NO/c1-2-6-14(7-3-1)21-17-9-5-4-8-15(17)20-16-12-13-22-19(16)11-10-18(20)21/h1-13H. The highest BCUT2D eigenvalue weighted by Gasteiger charge is 2.14. The molecule has 5 aromatic rings. The molecule has 0 radical (unpaired) electrons. The molecule has 0 N–H and O–H groups in total. The second-order valence-corrected chi connectivity index (χ2v) is 5.48. The van der Waals surface area contributed by atoms with Crippen LogP contribution >= 0.6 is 0 Å². The molecule has 0 spiro atoms. The average Bonchev–Trinajstić information content (AvgIpc) is 3.17.